The molecule has 0 N–H and O–H groups in total. The fraction of sp³-hybridized carbons (Fsp3) is 0.886. The summed E-state index contributed by atoms with van der Waals surface area (Å²) in [6.07, 6.45) is 12.6. The minimum absolute atomic E-state index is 0.0838. The first kappa shape index (κ1) is 32.5. The molecule has 41 heavy (non-hydrogen) atoms. The minimum atomic E-state index is -0.539. The van der Waals surface area contributed by atoms with Gasteiger partial charge in [-0.1, -0.05) is 27.7 Å². The highest BCUT2D eigenvalue weighted by Gasteiger charge is 2.45. The van der Waals surface area contributed by atoms with Crippen LogP contribution >= 0.6 is 0 Å². The zero-order valence-electron chi connectivity index (χ0n) is 26.6. The van der Waals surface area contributed by atoms with Crippen LogP contribution in [-0.4, -0.2) is 47.5 Å². The molecule has 4 fully saturated rings. The summed E-state index contributed by atoms with van der Waals surface area (Å²) in [5, 5.41) is 0. The van der Waals surface area contributed by atoms with E-state index in [9.17, 15) is 19.2 Å². The highest BCUT2D eigenvalue weighted by molar-refractivity contribution is 5.99. The summed E-state index contributed by atoms with van der Waals surface area (Å²) in [4.78, 5) is 50.0. The van der Waals surface area contributed by atoms with Gasteiger partial charge in [0, 0.05) is 30.1 Å². The van der Waals surface area contributed by atoms with Gasteiger partial charge >= 0.3 is 0 Å². The lowest BCUT2D eigenvalue weighted by Crippen LogP contribution is -2.47. The minimum Gasteiger partial charge on any atom is -0.375 e. The molecule has 0 aromatic carbocycles. The van der Waals surface area contributed by atoms with Gasteiger partial charge in [0.15, 0.2) is 5.78 Å². The van der Waals surface area contributed by atoms with Gasteiger partial charge in [-0.25, -0.2) is 0 Å². The van der Waals surface area contributed by atoms with Crippen LogP contribution in [0.1, 0.15) is 131 Å². The van der Waals surface area contributed by atoms with Gasteiger partial charge in [0.05, 0.1) is 18.3 Å². The van der Waals surface area contributed by atoms with Crippen LogP contribution in [0.3, 0.4) is 0 Å². The lowest BCUT2D eigenvalue weighted by molar-refractivity contribution is -0.156. The van der Waals surface area contributed by atoms with E-state index < -0.39 is 6.10 Å². The largest absolute Gasteiger partial charge is 0.375 e. The molecule has 6 atom stereocenters. The molecule has 6 nitrogen and oxygen atoms in total. The molecule has 0 heterocycles. The van der Waals surface area contributed by atoms with Gasteiger partial charge < -0.3 is 9.47 Å². The summed E-state index contributed by atoms with van der Waals surface area (Å²) in [5.41, 5.74) is 0.244. The van der Waals surface area contributed by atoms with Gasteiger partial charge in [-0.05, 0) is 115 Å². The van der Waals surface area contributed by atoms with Crippen LogP contribution < -0.4 is 0 Å². The van der Waals surface area contributed by atoms with Crippen LogP contribution in [-0.2, 0) is 28.7 Å². The Balaban J connectivity index is 1.22. The van der Waals surface area contributed by atoms with Gasteiger partial charge in [0.25, 0.3) is 0 Å². The fourth-order valence-electron chi connectivity index (χ4n) is 9.12. The lowest BCUT2D eigenvalue weighted by atomic mass is 9.60. The van der Waals surface area contributed by atoms with Gasteiger partial charge in [-0.15, -0.1) is 0 Å². The van der Waals surface area contributed by atoms with Crippen molar-refractivity contribution in [2.75, 3.05) is 0 Å². The first-order chi connectivity index (χ1) is 19.5. The molecular formula is C35H56O6. The third kappa shape index (κ3) is 7.40. The van der Waals surface area contributed by atoms with E-state index in [0.717, 1.165) is 64.2 Å². The van der Waals surface area contributed by atoms with Crippen molar-refractivity contribution in [3.63, 3.8) is 0 Å². The molecule has 0 aromatic rings. The summed E-state index contributed by atoms with van der Waals surface area (Å²) < 4.78 is 12.9. The van der Waals surface area contributed by atoms with Gasteiger partial charge in [0.1, 0.15) is 23.5 Å². The number of carbonyl (C=O) groups excluding carboxylic acids is 4. The first-order valence-electron chi connectivity index (χ1n) is 16.8. The van der Waals surface area contributed by atoms with Gasteiger partial charge in [0.2, 0.25) is 0 Å². The monoisotopic (exact) mass is 572 g/mol. The van der Waals surface area contributed by atoms with Crippen LogP contribution in [0.25, 0.3) is 0 Å². The van der Waals surface area contributed by atoms with Crippen LogP contribution in [0.15, 0.2) is 0 Å². The van der Waals surface area contributed by atoms with Crippen molar-refractivity contribution in [1.29, 1.82) is 0 Å². The van der Waals surface area contributed by atoms with Crippen molar-refractivity contribution in [1.82, 2.24) is 0 Å². The van der Waals surface area contributed by atoms with Crippen molar-refractivity contribution in [2.45, 2.75) is 156 Å². The Morgan fingerprint density at radius 2 is 1.17 bits per heavy atom. The Morgan fingerprint density at radius 1 is 0.683 bits per heavy atom. The maximum absolute atomic E-state index is 13.1. The molecule has 4 saturated carbocycles. The number of Topliss-reactive ketones (excluding diaryl/α,β-unsaturated/α-hetero) is 4. The zero-order valence-corrected chi connectivity index (χ0v) is 26.6. The molecule has 232 valence electrons. The maximum Gasteiger partial charge on any atom is 0.165 e. The van der Waals surface area contributed by atoms with Crippen molar-refractivity contribution in [3.05, 3.63) is 0 Å². The van der Waals surface area contributed by atoms with Crippen molar-refractivity contribution < 1.29 is 28.7 Å². The Hall–Kier alpha value is -1.40. The van der Waals surface area contributed by atoms with E-state index in [1.165, 1.54) is 12.8 Å². The van der Waals surface area contributed by atoms with E-state index in [-0.39, 0.29) is 77.0 Å². The molecule has 0 amide bonds. The van der Waals surface area contributed by atoms with E-state index in [2.05, 4.69) is 13.8 Å². The molecule has 4 rings (SSSR count). The lowest BCUT2D eigenvalue weighted by Gasteiger charge is -2.47. The Morgan fingerprint density at radius 3 is 1.66 bits per heavy atom. The quantitative estimate of drug-likeness (QED) is 0.278. The third-order valence-corrected chi connectivity index (χ3v) is 11.9. The fourth-order valence-corrected chi connectivity index (χ4v) is 9.12. The van der Waals surface area contributed by atoms with E-state index >= 15 is 0 Å². The van der Waals surface area contributed by atoms with E-state index in [0.29, 0.717) is 18.3 Å². The molecule has 0 radical (unpaired) electrons. The summed E-state index contributed by atoms with van der Waals surface area (Å²) in [6.45, 7) is 12.2. The molecule has 4 aliphatic rings. The summed E-state index contributed by atoms with van der Waals surface area (Å²) in [5.74, 6) is 1.32. The molecule has 0 bridgehead atoms. The zero-order chi connectivity index (χ0) is 29.9. The van der Waals surface area contributed by atoms with E-state index in [1.807, 2.05) is 13.8 Å². The molecule has 0 aromatic heterocycles. The number of hydrogen-bond acceptors (Lipinski definition) is 6. The molecule has 6 heteroatoms. The van der Waals surface area contributed by atoms with Crippen LogP contribution in [0.4, 0.5) is 0 Å². The Labute approximate surface area is 248 Å². The van der Waals surface area contributed by atoms with Gasteiger partial charge in [-0.2, -0.15) is 0 Å². The normalized spacial score (nSPS) is 39.0. The second kappa shape index (κ2) is 13.9. The number of hydrogen-bond donors (Lipinski definition) is 0. The molecule has 4 aliphatic carbocycles. The summed E-state index contributed by atoms with van der Waals surface area (Å²) in [7, 11) is 0. The maximum atomic E-state index is 13.1. The highest BCUT2D eigenvalue weighted by Crippen LogP contribution is 2.49. The first-order valence-corrected chi connectivity index (χ1v) is 16.8. The Kier molecular flexibility index (Phi) is 11.0. The standard InChI is InChI=1S/C35H56O6/c1-7-28-29(8-2)34(39)33(20-32(28)38)41-26-15-11-24(12-16-26)35(5,6)23-9-13-25(14-10-23)40-27-17-18-30(21(3)36)31(19-27)22(4)37/h23-31,33H,7-20H2,1-6H3. The van der Waals surface area contributed by atoms with Crippen LogP contribution in [0.2, 0.25) is 0 Å². The van der Waals surface area contributed by atoms with Crippen molar-refractivity contribution in [3.8, 4) is 0 Å². The smallest absolute Gasteiger partial charge is 0.165 e. The number of ketones is 4. The predicted molar refractivity (Wildman–Crippen MR) is 159 cm³/mol. The average molecular weight is 573 g/mol. The molecule has 0 aliphatic heterocycles. The molecule has 0 spiro atoms. The molecular weight excluding hydrogens is 516 g/mol. The third-order valence-electron chi connectivity index (χ3n) is 11.9. The van der Waals surface area contributed by atoms with E-state index in [1.54, 1.807) is 13.8 Å². The average Bonchev–Trinajstić information content (AvgIpc) is 2.95. The molecule has 0 saturated heterocycles. The summed E-state index contributed by atoms with van der Waals surface area (Å²) >= 11 is 0. The van der Waals surface area contributed by atoms with Crippen molar-refractivity contribution >= 4 is 23.1 Å². The highest BCUT2D eigenvalue weighted by atomic mass is 16.5. The SMILES string of the molecule is CCC1C(=O)CC(OC2CCC(C(C)(C)C3CCC(OC4CCC(C(C)=O)C(C(C)=O)C4)CC3)CC2)C(=O)C1CC. The van der Waals surface area contributed by atoms with Crippen molar-refractivity contribution in [2.24, 2.45) is 40.9 Å². The number of ether oxygens (including phenoxy) is 2. The topological polar surface area (TPSA) is 86.7 Å². The van der Waals surface area contributed by atoms with Crippen LogP contribution in [0, 0.1) is 40.9 Å². The molecule has 6 unspecified atom stereocenters. The van der Waals surface area contributed by atoms with Gasteiger partial charge in [-0.3, -0.25) is 19.2 Å². The number of rotatable bonds is 10. The Bertz CT molecular complexity index is 938. The van der Waals surface area contributed by atoms with Crippen LogP contribution in [0.5, 0.6) is 0 Å². The van der Waals surface area contributed by atoms with E-state index in [4.69, 9.17) is 9.47 Å². The number of carbonyl (C=O) groups is 4. The predicted octanol–water partition coefficient (Wildman–Crippen LogP) is 7.09. The second-order valence-corrected chi connectivity index (χ2v) is 14.5. The second-order valence-electron chi connectivity index (χ2n) is 14.5. The summed E-state index contributed by atoms with van der Waals surface area (Å²) in [6, 6.07) is 0.